The molecule has 0 amide bonds. The van der Waals surface area contributed by atoms with E-state index in [0.717, 1.165) is 31.1 Å². The van der Waals surface area contributed by atoms with Gasteiger partial charge in [0.1, 0.15) is 0 Å². The first kappa shape index (κ1) is 12.2. The summed E-state index contributed by atoms with van der Waals surface area (Å²) in [5, 5.41) is 9.33. The monoisotopic (exact) mass is 246 g/mol. The lowest BCUT2D eigenvalue weighted by molar-refractivity contribution is 0.309. The molecule has 2 rings (SSSR count). The minimum Gasteiger partial charge on any atom is -0.298 e. The highest BCUT2D eigenvalue weighted by Gasteiger charge is 2.12. The normalized spacial score (nSPS) is 16.4. The summed E-state index contributed by atoms with van der Waals surface area (Å²) in [4.78, 5) is 2.31. The molecule has 0 fully saturated rings. The van der Waals surface area contributed by atoms with E-state index in [1.54, 1.807) is 0 Å². The van der Waals surface area contributed by atoms with Crippen LogP contribution in [0.15, 0.2) is 30.3 Å². The van der Waals surface area contributed by atoms with Crippen molar-refractivity contribution in [2.75, 3.05) is 19.6 Å². The molecule has 1 aromatic rings. The minimum atomic E-state index is 0.615. The Hall–Kier alpha value is -1.30. The van der Waals surface area contributed by atoms with Crippen LogP contribution in [0.4, 0.5) is 0 Å². The molecule has 0 saturated heterocycles. The molecule has 0 aromatic heterocycles. The van der Waals surface area contributed by atoms with Gasteiger partial charge in [-0.2, -0.15) is 5.26 Å². The van der Waals surface area contributed by atoms with E-state index in [0.29, 0.717) is 6.42 Å². The number of hydrogen-bond donors (Lipinski definition) is 0. The van der Waals surface area contributed by atoms with Gasteiger partial charge < -0.3 is 0 Å². The molecule has 1 aromatic carbocycles. The zero-order chi connectivity index (χ0) is 12.1. The van der Waals surface area contributed by atoms with Crippen LogP contribution in [0, 0.1) is 11.3 Å². The van der Waals surface area contributed by atoms with Gasteiger partial charge in [0.15, 0.2) is 0 Å². The number of nitriles is 1. The summed E-state index contributed by atoms with van der Waals surface area (Å²) >= 11 is 5.87. The number of hydrogen-bond acceptors (Lipinski definition) is 2. The molecule has 2 nitrogen and oxygen atoms in total. The van der Waals surface area contributed by atoms with Crippen LogP contribution in [0.2, 0.25) is 5.02 Å². The van der Waals surface area contributed by atoms with E-state index in [9.17, 15) is 0 Å². The van der Waals surface area contributed by atoms with Gasteiger partial charge in [0, 0.05) is 31.1 Å². The van der Waals surface area contributed by atoms with Crippen LogP contribution >= 0.6 is 11.6 Å². The first-order valence-electron chi connectivity index (χ1n) is 5.84. The molecule has 0 aliphatic carbocycles. The van der Waals surface area contributed by atoms with Gasteiger partial charge in [-0.25, -0.2) is 0 Å². The van der Waals surface area contributed by atoms with Crippen molar-refractivity contribution in [2.45, 2.75) is 12.8 Å². The predicted octanol–water partition coefficient (Wildman–Crippen LogP) is 3.34. The topological polar surface area (TPSA) is 27.0 Å². The summed E-state index contributed by atoms with van der Waals surface area (Å²) in [6, 6.07) is 10.2. The maximum Gasteiger partial charge on any atom is 0.0635 e. The van der Waals surface area contributed by atoms with Gasteiger partial charge in [0.25, 0.3) is 0 Å². The minimum absolute atomic E-state index is 0.615. The Labute approximate surface area is 107 Å². The van der Waals surface area contributed by atoms with E-state index >= 15 is 0 Å². The summed E-state index contributed by atoms with van der Waals surface area (Å²) in [7, 11) is 0. The average Bonchev–Trinajstić information content (AvgIpc) is 2.38. The van der Waals surface area contributed by atoms with Crippen molar-refractivity contribution in [3.8, 4) is 6.07 Å². The van der Waals surface area contributed by atoms with Gasteiger partial charge in [-0.15, -0.1) is 0 Å². The summed E-state index contributed by atoms with van der Waals surface area (Å²) in [6.45, 7) is 2.86. The van der Waals surface area contributed by atoms with Crippen molar-refractivity contribution >= 4 is 17.2 Å². The van der Waals surface area contributed by atoms with Gasteiger partial charge in [-0.3, -0.25) is 4.90 Å². The molecular weight excluding hydrogens is 232 g/mol. The van der Waals surface area contributed by atoms with Crippen molar-refractivity contribution in [1.82, 2.24) is 4.90 Å². The van der Waals surface area contributed by atoms with Crippen LogP contribution in [0.25, 0.3) is 5.57 Å². The first-order valence-corrected chi connectivity index (χ1v) is 6.21. The number of halogens is 1. The molecule has 0 radical (unpaired) electrons. The lowest BCUT2D eigenvalue weighted by atomic mass is 9.99. The molecule has 1 heterocycles. The van der Waals surface area contributed by atoms with Crippen LogP contribution in [-0.2, 0) is 0 Å². The standard InChI is InChI=1S/C14H15ClN2/c15-14-4-2-12(3-5-14)13-6-10-17(11-7-13)9-1-8-16/h2-6H,1,7,9-11H2. The van der Waals surface area contributed by atoms with Crippen molar-refractivity contribution in [3.63, 3.8) is 0 Å². The Kier molecular flexibility index (Phi) is 4.19. The highest BCUT2D eigenvalue weighted by atomic mass is 35.5. The van der Waals surface area contributed by atoms with Gasteiger partial charge >= 0.3 is 0 Å². The third-order valence-corrected chi connectivity index (χ3v) is 3.30. The Bertz CT molecular complexity index is 442. The van der Waals surface area contributed by atoms with Crippen LogP contribution in [0.3, 0.4) is 0 Å². The van der Waals surface area contributed by atoms with E-state index in [-0.39, 0.29) is 0 Å². The summed E-state index contributed by atoms with van der Waals surface area (Å²) < 4.78 is 0. The molecule has 1 aliphatic heterocycles. The number of benzene rings is 1. The van der Waals surface area contributed by atoms with E-state index < -0.39 is 0 Å². The quantitative estimate of drug-likeness (QED) is 0.818. The molecule has 1 aliphatic rings. The average molecular weight is 247 g/mol. The third kappa shape index (κ3) is 3.33. The van der Waals surface area contributed by atoms with E-state index in [2.05, 4.69) is 29.2 Å². The van der Waals surface area contributed by atoms with Crippen LogP contribution in [0.5, 0.6) is 0 Å². The molecule has 0 N–H and O–H groups in total. The second-order valence-corrected chi connectivity index (χ2v) is 4.63. The summed E-state index contributed by atoms with van der Waals surface area (Å²) in [6.07, 6.45) is 3.92. The van der Waals surface area contributed by atoms with Crippen LogP contribution in [0.1, 0.15) is 18.4 Å². The van der Waals surface area contributed by atoms with E-state index in [4.69, 9.17) is 16.9 Å². The highest BCUT2D eigenvalue weighted by Crippen LogP contribution is 2.23. The molecule has 17 heavy (non-hydrogen) atoms. The predicted molar refractivity (Wildman–Crippen MR) is 70.7 cm³/mol. The van der Waals surface area contributed by atoms with E-state index in [1.165, 1.54) is 11.1 Å². The molecule has 0 bridgehead atoms. The molecule has 0 spiro atoms. The van der Waals surface area contributed by atoms with Gasteiger partial charge in [-0.05, 0) is 29.7 Å². The lowest BCUT2D eigenvalue weighted by Gasteiger charge is -2.25. The van der Waals surface area contributed by atoms with Crippen molar-refractivity contribution in [2.24, 2.45) is 0 Å². The fourth-order valence-electron chi connectivity index (χ4n) is 2.05. The first-order chi connectivity index (χ1) is 8.29. The Morgan fingerprint density at radius 3 is 2.65 bits per heavy atom. The maximum absolute atomic E-state index is 8.55. The number of nitrogens with zero attached hydrogens (tertiary/aromatic N) is 2. The maximum atomic E-state index is 8.55. The third-order valence-electron chi connectivity index (χ3n) is 3.05. The Morgan fingerprint density at radius 1 is 1.29 bits per heavy atom. The van der Waals surface area contributed by atoms with Gasteiger partial charge in [0.2, 0.25) is 0 Å². The summed E-state index contributed by atoms with van der Waals surface area (Å²) in [5.74, 6) is 0. The fraction of sp³-hybridized carbons (Fsp3) is 0.357. The van der Waals surface area contributed by atoms with Crippen LogP contribution in [-0.4, -0.2) is 24.5 Å². The molecule has 0 unspecified atom stereocenters. The molecule has 88 valence electrons. The van der Waals surface area contributed by atoms with Crippen molar-refractivity contribution in [3.05, 3.63) is 40.9 Å². The highest BCUT2D eigenvalue weighted by molar-refractivity contribution is 6.30. The second kappa shape index (κ2) is 5.86. The van der Waals surface area contributed by atoms with E-state index in [1.807, 2.05) is 12.1 Å². The van der Waals surface area contributed by atoms with Gasteiger partial charge in [0.05, 0.1) is 6.07 Å². The zero-order valence-electron chi connectivity index (χ0n) is 9.69. The fourth-order valence-corrected chi connectivity index (χ4v) is 2.17. The molecule has 0 atom stereocenters. The SMILES string of the molecule is N#CCCN1CC=C(c2ccc(Cl)cc2)CC1. The number of rotatable bonds is 3. The van der Waals surface area contributed by atoms with Gasteiger partial charge in [-0.1, -0.05) is 29.8 Å². The Balaban J connectivity index is 1.99. The largest absolute Gasteiger partial charge is 0.298 e. The molecular formula is C14H15ClN2. The lowest BCUT2D eigenvalue weighted by Crippen LogP contribution is -2.29. The van der Waals surface area contributed by atoms with Crippen molar-refractivity contribution in [1.29, 1.82) is 5.26 Å². The molecule has 0 saturated carbocycles. The van der Waals surface area contributed by atoms with Crippen molar-refractivity contribution < 1.29 is 0 Å². The Morgan fingerprint density at radius 2 is 2.06 bits per heavy atom. The zero-order valence-corrected chi connectivity index (χ0v) is 10.5. The second-order valence-electron chi connectivity index (χ2n) is 4.19. The summed E-state index contributed by atoms with van der Waals surface area (Å²) in [5.41, 5.74) is 2.64. The molecule has 3 heteroatoms. The van der Waals surface area contributed by atoms with Crippen LogP contribution < -0.4 is 0 Å². The smallest absolute Gasteiger partial charge is 0.0635 e.